The maximum absolute atomic E-state index is 12.0. The Morgan fingerprint density at radius 2 is 1.68 bits per heavy atom. The van der Waals surface area contributed by atoms with Crippen LogP contribution in [0.3, 0.4) is 0 Å². The van der Waals surface area contributed by atoms with Gasteiger partial charge in [0.05, 0.1) is 19.8 Å². The molecule has 0 spiro atoms. The largest absolute Gasteiger partial charge is 0.466 e. The molecular weight excluding hydrogens is 326 g/mol. The second-order valence-corrected chi connectivity index (χ2v) is 6.58. The van der Waals surface area contributed by atoms with Crippen LogP contribution in [-0.4, -0.2) is 44.4 Å². The number of hydrogen-bond donors (Lipinski definition) is 1. The molecule has 7 heteroatoms. The Bertz CT molecular complexity index is 468. The molecule has 0 aliphatic heterocycles. The molecule has 7 nitrogen and oxygen atoms in total. The van der Waals surface area contributed by atoms with Crippen molar-refractivity contribution >= 4 is 18.0 Å². The molecule has 0 saturated heterocycles. The van der Waals surface area contributed by atoms with E-state index in [0.29, 0.717) is 12.5 Å². The first-order valence-electron chi connectivity index (χ1n) is 8.78. The molecule has 0 aromatic carbocycles. The summed E-state index contributed by atoms with van der Waals surface area (Å²) in [7, 11) is 1.22. The van der Waals surface area contributed by atoms with Gasteiger partial charge in [0.15, 0.2) is 0 Å². The molecule has 0 aromatic heterocycles. The second-order valence-electron chi connectivity index (χ2n) is 6.58. The van der Waals surface area contributed by atoms with E-state index in [9.17, 15) is 14.4 Å². The van der Waals surface area contributed by atoms with Crippen molar-refractivity contribution < 1.29 is 28.6 Å². The molecule has 1 aliphatic rings. The van der Waals surface area contributed by atoms with Gasteiger partial charge in [-0.3, -0.25) is 0 Å². The third-order valence-corrected chi connectivity index (χ3v) is 4.24. The lowest BCUT2D eigenvalue weighted by molar-refractivity contribution is -0.140. The minimum atomic E-state index is -0.673. The van der Waals surface area contributed by atoms with Gasteiger partial charge in [-0.25, -0.2) is 14.4 Å². The summed E-state index contributed by atoms with van der Waals surface area (Å²) in [5.41, 5.74) is 0. The van der Waals surface area contributed by atoms with Gasteiger partial charge in [0.25, 0.3) is 0 Å². The van der Waals surface area contributed by atoms with Gasteiger partial charge in [0.1, 0.15) is 6.61 Å². The molecule has 25 heavy (non-hydrogen) atoms. The lowest BCUT2D eigenvalue weighted by atomic mass is 9.90. The van der Waals surface area contributed by atoms with Crippen LogP contribution in [0.5, 0.6) is 0 Å². The maximum atomic E-state index is 12.0. The van der Waals surface area contributed by atoms with Crippen LogP contribution in [0.4, 0.5) is 4.79 Å². The molecule has 1 aliphatic carbocycles. The predicted octanol–water partition coefficient (Wildman–Crippen LogP) is 2.59. The highest BCUT2D eigenvalue weighted by Crippen LogP contribution is 2.23. The number of alkyl carbamates (subject to hydrolysis) is 1. The molecule has 1 N–H and O–H groups in total. The van der Waals surface area contributed by atoms with Gasteiger partial charge in [-0.1, -0.05) is 33.1 Å². The quantitative estimate of drug-likeness (QED) is 0.409. The van der Waals surface area contributed by atoms with E-state index in [1.54, 1.807) is 0 Å². The highest BCUT2D eigenvalue weighted by Gasteiger charge is 2.20. The number of hydrogen-bond acceptors (Lipinski definition) is 6. The molecule has 1 fully saturated rings. The number of carbonyl (C=O) groups is 3. The number of esters is 2. The molecule has 1 saturated carbocycles. The highest BCUT2D eigenvalue weighted by molar-refractivity contribution is 5.91. The Balaban J connectivity index is 2.34. The minimum Gasteiger partial charge on any atom is -0.466 e. The summed E-state index contributed by atoms with van der Waals surface area (Å²) in [6, 6.07) is -0.366. The second kappa shape index (κ2) is 11.5. The summed E-state index contributed by atoms with van der Waals surface area (Å²) >= 11 is 0. The average Bonchev–Trinajstić information content (AvgIpc) is 2.61. The zero-order valence-corrected chi connectivity index (χ0v) is 15.3. The lowest BCUT2D eigenvalue weighted by Gasteiger charge is -2.24. The van der Waals surface area contributed by atoms with Crippen molar-refractivity contribution in [3.05, 3.63) is 12.2 Å². The van der Waals surface area contributed by atoms with E-state index in [1.165, 1.54) is 26.4 Å². The number of methoxy groups -OCH3 is 1. The Hall–Kier alpha value is -2.05. The SMILES string of the molecule is COC(=O)/C=C/C(=O)OC[C@H](NC(=O)OCC1CCCCC1)C(C)C. The summed E-state index contributed by atoms with van der Waals surface area (Å²) in [6.45, 7) is 4.24. The topological polar surface area (TPSA) is 90.9 Å². The van der Waals surface area contributed by atoms with Crippen LogP contribution >= 0.6 is 0 Å². The zero-order valence-electron chi connectivity index (χ0n) is 15.3. The van der Waals surface area contributed by atoms with Crippen molar-refractivity contribution in [3.63, 3.8) is 0 Å². The van der Waals surface area contributed by atoms with Gasteiger partial charge in [-0.15, -0.1) is 0 Å². The zero-order chi connectivity index (χ0) is 18.7. The summed E-state index contributed by atoms with van der Waals surface area (Å²) in [6.07, 6.45) is 7.33. The fourth-order valence-corrected chi connectivity index (χ4v) is 2.57. The van der Waals surface area contributed by atoms with Crippen molar-refractivity contribution in [2.45, 2.75) is 52.0 Å². The first kappa shape index (κ1) is 21.0. The van der Waals surface area contributed by atoms with Crippen molar-refractivity contribution in [3.8, 4) is 0 Å². The summed E-state index contributed by atoms with van der Waals surface area (Å²) in [5, 5.41) is 2.73. The molecule has 0 bridgehead atoms. The Labute approximate surface area is 149 Å². The van der Waals surface area contributed by atoms with E-state index >= 15 is 0 Å². The van der Waals surface area contributed by atoms with Crippen LogP contribution in [0, 0.1) is 11.8 Å². The van der Waals surface area contributed by atoms with E-state index < -0.39 is 18.0 Å². The minimum absolute atomic E-state index is 0.000537. The van der Waals surface area contributed by atoms with E-state index in [-0.39, 0.29) is 18.6 Å². The number of rotatable bonds is 8. The van der Waals surface area contributed by atoms with Gasteiger partial charge in [-0.2, -0.15) is 0 Å². The lowest BCUT2D eigenvalue weighted by Crippen LogP contribution is -2.43. The molecule has 1 amide bonds. The van der Waals surface area contributed by atoms with Gasteiger partial charge < -0.3 is 19.5 Å². The third-order valence-electron chi connectivity index (χ3n) is 4.24. The number of nitrogens with one attached hydrogen (secondary N) is 1. The molecule has 0 unspecified atom stereocenters. The van der Waals surface area contributed by atoms with Crippen LogP contribution in [0.25, 0.3) is 0 Å². The van der Waals surface area contributed by atoms with E-state index in [2.05, 4.69) is 10.1 Å². The highest BCUT2D eigenvalue weighted by atomic mass is 16.6. The van der Waals surface area contributed by atoms with E-state index in [0.717, 1.165) is 25.0 Å². The Kier molecular flexibility index (Phi) is 9.65. The molecule has 1 atom stereocenters. The van der Waals surface area contributed by atoms with Gasteiger partial charge in [0.2, 0.25) is 0 Å². The predicted molar refractivity (Wildman–Crippen MR) is 91.8 cm³/mol. The summed E-state index contributed by atoms with van der Waals surface area (Å²) in [5.74, 6) is -0.812. The molecule has 0 radical (unpaired) electrons. The summed E-state index contributed by atoms with van der Waals surface area (Å²) in [4.78, 5) is 34.4. The molecule has 0 aromatic rings. The van der Waals surface area contributed by atoms with Crippen LogP contribution < -0.4 is 5.32 Å². The van der Waals surface area contributed by atoms with Gasteiger partial charge in [0, 0.05) is 12.2 Å². The van der Waals surface area contributed by atoms with Crippen LogP contribution in [0.1, 0.15) is 46.0 Å². The van der Waals surface area contributed by atoms with E-state index in [4.69, 9.17) is 9.47 Å². The van der Waals surface area contributed by atoms with Crippen molar-refractivity contribution in [1.29, 1.82) is 0 Å². The third kappa shape index (κ3) is 9.12. The van der Waals surface area contributed by atoms with Crippen LogP contribution in [0.2, 0.25) is 0 Å². The monoisotopic (exact) mass is 355 g/mol. The van der Waals surface area contributed by atoms with Crippen molar-refractivity contribution in [2.75, 3.05) is 20.3 Å². The first-order chi connectivity index (χ1) is 11.9. The molecule has 142 valence electrons. The van der Waals surface area contributed by atoms with Gasteiger partial charge in [-0.05, 0) is 24.7 Å². The normalized spacial score (nSPS) is 16.5. The van der Waals surface area contributed by atoms with Crippen LogP contribution in [0.15, 0.2) is 12.2 Å². The Morgan fingerprint density at radius 1 is 1.04 bits per heavy atom. The van der Waals surface area contributed by atoms with Crippen molar-refractivity contribution in [1.82, 2.24) is 5.32 Å². The molecular formula is C18H29NO6. The number of amides is 1. The number of carbonyl (C=O) groups excluding carboxylic acids is 3. The fraction of sp³-hybridized carbons (Fsp3) is 0.722. The van der Waals surface area contributed by atoms with Gasteiger partial charge >= 0.3 is 18.0 Å². The average molecular weight is 355 g/mol. The Morgan fingerprint density at radius 3 is 2.28 bits per heavy atom. The van der Waals surface area contributed by atoms with Crippen LogP contribution in [-0.2, 0) is 23.8 Å². The fourth-order valence-electron chi connectivity index (χ4n) is 2.57. The first-order valence-corrected chi connectivity index (χ1v) is 8.78. The smallest absolute Gasteiger partial charge is 0.407 e. The molecule has 0 heterocycles. The van der Waals surface area contributed by atoms with E-state index in [1.807, 2.05) is 13.8 Å². The molecule has 1 rings (SSSR count). The van der Waals surface area contributed by atoms with Crippen molar-refractivity contribution in [2.24, 2.45) is 11.8 Å². The standard InChI is InChI=1S/C18H29NO6/c1-13(2)15(12-24-17(21)10-9-16(20)23-3)19-18(22)25-11-14-7-5-4-6-8-14/h9-10,13-15H,4-8,11-12H2,1-3H3,(H,19,22)/b10-9+/t15-/m0/s1. The number of ether oxygens (including phenoxy) is 3. The summed E-state index contributed by atoms with van der Waals surface area (Å²) < 4.78 is 14.7. The maximum Gasteiger partial charge on any atom is 0.407 e.